The fourth-order valence-electron chi connectivity index (χ4n) is 2.56. The van der Waals surface area contributed by atoms with E-state index in [2.05, 4.69) is 24.1 Å². The van der Waals surface area contributed by atoms with Crippen molar-refractivity contribution in [3.05, 3.63) is 29.3 Å². The van der Waals surface area contributed by atoms with E-state index in [-0.39, 0.29) is 6.03 Å². The molecule has 1 heterocycles. The van der Waals surface area contributed by atoms with Gasteiger partial charge < -0.3 is 16.0 Å². The molecule has 1 saturated heterocycles. The number of nitrogens with zero attached hydrogens (tertiary/aromatic N) is 1. The first-order valence-electron chi connectivity index (χ1n) is 7.45. The summed E-state index contributed by atoms with van der Waals surface area (Å²) < 4.78 is 0. The van der Waals surface area contributed by atoms with Crippen LogP contribution < -0.4 is 11.1 Å². The fourth-order valence-corrected chi connectivity index (χ4v) is 2.56. The Kier molecular flexibility index (Phi) is 5.24. The van der Waals surface area contributed by atoms with E-state index in [1.807, 2.05) is 30.0 Å². The Bertz CT molecular complexity index is 571. The number of rotatable bonds is 1. The van der Waals surface area contributed by atoms with Crippen molar-refractivity contribution in [3.63, 3.8) is 0 Å². The number of hydrogen-bond donors (Lipinski definition) is 2. The molecule has 112 valence electrons. The minimum absolute atomic E-state index is 0.0198. The molecule has 2 rings (SSSR count). The summed E-state index contributed by atoms with van der Waals surface area (Å²) in [5.74, 6) is 6.40. The maximum atomic E-state index is 12.3. The molecule has 0 radical (unpaired) electrons. The van der Waals surface area contributed by atoms with Crippen LogP contribution in [0.5, 0.6) is 0 Å². The summed E-state index contributed by atoms with van der Waals surface area (Å²) >= 11 is 0. The van der Waals surface area contributed by atoms with E-state index in [9.17, 15) is 4.79 Å². The van der Waals surface area contributed by atoms with E-state index in [0.717, 1.165) is 36.3 Å². The number of urea groups is 1. The molecule has 1 aliphatic heterocycles. The van der Waals surface area contributed by atoms with Gasteiger partial charge in [0, 0.05) is 24.3 Å². The summed E-state index contributed by atoms with van der Waals surface area (Å²) in [6.07, 6.45) is 2.28. The van der Waals surface area contributed by atoms with Gasteiger partial charge in [0.15, 0.2) is 0 Å². The third-order valence-corrected chi connectivity index (χ3v) is 3.76. The maximum Gasteiger partial charge on any atom is 0.321 e. The van der Waals surface area contributed by atoms with Gasteiger partial charge in [-0.05, 0) is 43.4 Å². The molecular formula is C17H23N3O. The number of benzene rings is 1. The van der Waals surface area contributed by atoms with Gasteiger partial charge in [-0.2, -0.15) is 0 Å². The van der Waals surface area contributed by atoms with Gasteiger partial charge in [-0.3, -0.25) is 0 Å². The van der Waals surface area contributed by atoms with Gasteiger partial charge in [0.2, 0.25) is 0 Å². The Morgan fingerprint density at radius 3 is 3.05 bits per heavy atom. The summed E-state index contributed by atoms with van der Waals surface area (Å²) in [5.41, 5.74) is 8.11. The van der Waals surface area contributed by atoms with E-state index in [1.165, 1.54) is 6.42 Å². The third-order valence-electron chi connectivity index (χ3n) is 3.76. The van der Waals surface area contributed by atoms with E-state index in [1.54, 1.807) is 0 Å². The Labute approximate surface area is 126 Å². The predicted molar refractivity (Wildman–Crippen MR) is 86.1 cm³/mol. The van der Waals surface area contributed by atoms with Crippen molar-refractivity contribution < 1.29 is 4.79 Å². The van der Waals surface area contributed by atoms with Gasteiger partial charge in [-0.15, -0.1) is 0 Å². The lowest BCUT2D eigenvalue weighted by Crippen LogP contribution is -2.41. The minimum Gasteiger partial charge on any atom is -0.324 e. The molecule has 3 N–H and O–H groups in total. The number of carbonyl (C=O) groups excluding carboxylic acids is 1. The smallest absolute Gasteiger partial charge is 0.321 e. The highest BCUT2D eigenvalue weighted by Crippen LogP contribution is 2.20. The monoisotopic (exact) mass is 285 g/mol. The molecule has 4 heteroatoms. The zero-order chi connectivity index (χ0) is 15.2. The van der Waals surface area contributed by atoms with E-state index < -0.39 is 0 Å². The molecule has 0 aromatic heterocycles. The first-order chi connectivity index (χ1) is 10.1. The van der Waals surface area contributed by atoms with Gasteiger partial charge in [-0.25, -0.2) is 4.79 Å². The van der Waals surface area contributed by atoms with Crippen molar-refractivity contribution in [1.82, 2.24) is 4.90 Å². The van der Waals surface area contributed by atoms with Crippen LogP contribution in [-0.4, -0.2) is 30.6 Å². The van der Waals surface area contributed by atoms with Crippen LogP contribution in [0.25, 0.3) is 0 Å². The maximum absolute atomic E-state index is 12.3. The number of carbonyl (C=O) groups is 1. The SMILES string of the molecule is Cc1ccc(C#CCN)cc1NC(=O)N1CCCC(C)C1. The second-order valence-electron chi connectivity index (χ2n) is 5.66. The molecule has 0 spiro atoms. The van der Waals surface area contributed by atoms with Crippen molar-refractivity contribution in [2.24, 2.45) is 11.7 Å². The van der Waals surface area contributed by atoms with Crippen LogP contribution in [0.15, 0.2) is 18.2 Å². The highest BCUT2D eigenvalue weighted by molar-refractivity contribution is 5.90. The van der Waals surface area contributed by atoms with Gasteiger partial charge in [0.1, 0.15) is 0 Å². The summed E-state index contributed by atoms with van der Waals surface area (Å²) in [6.45, 7) is 6.17. The summed E-state index contributed by atoms with van der Waals surface area (Å²) in [4.78, 5) is 14.2. The van der Waals surface area contributed by atoms with E-state index >= 15 is 0 Å². The van der Waals surface area contributed by atoms with E-state index in [4.69, 9.17) is 5.73 Å². The Morgan fingerprint density at radius 1 is 1.52 bits per heavy atom. The molecule has 2 amide bonds. The van der Waals surface area contributed by atoms with Crippen LogP contribution in [0, 0.1) is 24.7 Å². The van der Waals surface area contributed by atoms with Crippen molar-refractivity contribution >= 4 is 11.7 Å². The first-order valence-corrected chi connectivity index (χ1v) is 7.45. The van der Waals surface area contributed by atoms with Gasteiger partial charge >= 0.3 is 6.03 Å². The Morgan fingerprint density at radius 2 is 2.33 bits per heavy atom. The molecule has 0 bridgehead atoms. The molecule has 0 saturated carbocycles. The lowest BCUT2D eigenvalue weighted by Gasteiger charge is -2.31. The van der Waals surface area contributed by atoms with Crippen LogP contribution in [0.2, 0.25) is 0 Å². The number of amides is 2. The number of nitrogens with one attached hydrogen (secondary N) is 1. The normalized spacial score (nSPS) is 17.9. The zero-order valence-electron chi connectivity index (χ0n) is 12.8. The number of hydrogen-bond acceptors (Lipinski definition) is 2. The molecule has 1 aliphatic rings. The molecule has 21 heavy (non-hydrogen) atoms. The number of nitrogens with two attached hydrogens (primary N) is 1. The van der Waals surface area contributed by atoms with Crippen molar-refractivity contribution in [3.8, 4) is 11.8 Å². The lowest BCUT2D eigenvalue weighted by atomic mass is 10.0. The standard InChI is InChI=1S/C17H23N3O/c1-13-5-4-10-20(12-13)17(21)19-16-11-15(6-3-9-18)8-7-14(16)2/h7-8,11,13H,4-5,9-10,12,18H2,1-2H3,(H,19,21). The molecule has 1 aromatic carbocycles. The summed E-state index contributed by atoms with van der Waals surface area (Å²) in [5, 5.41) is 3.01. The van der Waals surface area contributed by atoms with Gasteiger partial charge in [0.25, 0.3) is 0 Å². The molecular weight excluding hydrogens is 262 g/mol. The second kappa shape index (κ2) is 7.14. The average Bonchev–Trinajstić information content (AvgIpc) is 2.48. The molecule has 0 aliphatic carbocycles. The Hall–Kier alpha value is -1.99. The van der Waals surface area contributed by atoms with E-state index in [0.29, 0.717) is 12.5 Å². The highest BCUT2D eigenvalue weighted by Gasteiger charge is 2.21. The van der Waals surface area contributed by atoms with Gasteiger partial charge in [-0.1, -0.05) is 24.8 Å². The quantitative estimate of drug-likeness (QED) is 0.779. The third kappa shape index (κ3) is 4.24. The second-order valence-corrected chi connectivity index (χ2v) is 5.66. The number of piperidine rings is 1. The van der Waals surface area contributed by atoms with Crippen LogP contribution in [0.3, 0.4) is 0 Å². The molecule has 4 nitrogen and oxygen atoms in total. The van der Waals surface area contributed by atoms with Crippen molar-refractivity contribution in [1.29, 1.82) is 0 Å². The average molecular weight is 285 g/mol. The highest BCUT2D eigenvalue weighted by atomic mass is 16.2. The number of anilines is 1. The zero-order valence-corrected chi connectivity index (χ0v) is 12.8. The van der Waals surface area contributed by atoms with Crippen LogP contribution in [-0.2, 0) is 0 Å². The van der Waals surface area contributed by atoms with Crippen LogP contribution in [0.1, 0.15) is 30.9 Å². The first kappa shape index (κ1) is 15.4. The van der Waals surface area contributed by atoms with Crippen molar-refractivity contribution in [2.75, 3.05) is 25.0 Å². The molecule has 1 unspecified atom stereocenters. The number of likely N-dealkylation sites (tertiary alicyclic amines) is 1. The minimum atomic E-state index is -0.0198. The van der Waals surface area contributed by atoms with Gasteiger partial charge in [0.05, 0.1) is 6.54 Å². The summed E-state index contributed by atoms with van der Waals surface area (Å²) in [7, 11) is 0. The molecule has 1 aromatic rings. The fraction of sp³-hybridized carbons (Fsp3) is 0.471. The molecule has 1 atom stereocenters. The number of aryl methyl sites for hydroxylation is 1. The van der Waals surface area contributed by atoms with Crippen LogP contribution in [0.4, 0.5) is 10.5 Å². The van der Waals surface area contributed by atoms with Crippen LogP contribution >= 0.6 is 0 Å². The predicted octanol–water partition coefficient (Wildman–Crippen LogP) is 2.57. The molecule has 1 fully saturated rings. The lowest BCUT2D eigenvalue weighted by molar-refractivity contribution is 0.182. The largest absolute Gasteiger partial charge is 0.324 e. The topological polar surface area (TPSA) is 58.4 Å². The summed E-state index contributed by atoms with van der Waals surface area (Å²) in [6, 6.07) is 5.79. The Balaban J connectivity index is 2.09. The van der Waals surface area contributed by atoms with Crippen molar-refractivity contribution in [2.45, 2.75) is 26.7 Å².